The fraction of sp³-hybridized carbons (Fsp3) is 0.458. The zero-order valence-electron chi connectivity index (χ0n) is 19.2. The molecule has 7 nitrogen and oxygen atoms in total. The van der Waals surface area contributed by atoms with E-state index in [1.165, 1.54) is 0 Å². The van der Waals surface area contributed by atoms with E-state index < -0.39 is 8.07 Å². The summed E-state index contributed by atoms with van der Waals surface area (Å²) < 4.78 is 7.87. The molecule has 0 radical (unpaired) electrons. The van der Waals surface area contributed by atoms with E-state index in [2.05, 4.69) is 53.5 Å². The molecule has 8 heteroatoms. The normalized spacial score (nSPS) is 15.1. The standard InChI is InChI=1S/C24H32N6OSi/c1-32(2,3)13-12-31-17-30-22-7-5-4-6-20(22)24(29-30)21-14-23(27-16-18(21)15-25)28-19-8-10-26-11-9-19/h4-7,14,16,19,26H,8-13,17H2,1-3H3,(H,27,28). The van der Waals surface area contributed by atoms with Crippen LogP contribution in [0, 0.1) is 11.3 Å². The van der Waals surface area contributed by atoms with Crippen molar-refractivity contribution in [3.05, 3.63) is 42.1 Å². The van der Waals surface area contributed by atoms with Gasteiger partial charge in [0, 0.05) is 37.9 Å². The van der Waals surface area contributed by atoms with Crippen LogP contribution in [0.15, 0.2) is 36.5 Å². The maximum Gasteiger partial charge on any atom is 0.140 e. The number of pyridine rings is 1. The number of nitriles is 1. The summed E-state index contributed by atoms with van der Waals surface area (Å²) in [7, 11) is -1.14. The molecule has 1 saturated heterocycles. The summed E-state index contributed by atoms with van der Waals surface area (Å²) in [6, 6.07) is 13.9. The van der Waals surface area contributed by atoms with Crippen molar-refractivity contribution in [2.45, 2.75) is 51.3 Å². The molecular formula is C24H32N6OSi. The van der Waals surface area contributed by atoms with Crippen molar-refractivity contribution in [3.8, 4) is 17.3 Å². The van der Waals surface area contributed by atoms with Crippen LogP contribution in [0.1, 0.15) is 18.4 Å². The molecule has 2 N–H and O–H groups in total. The van der Waals surface area contributed by atoms with Gasteiger partial charge in [-0.25, -0.2) is 9.67 Å². The maximum atomic E-state index is 9.75. The Kier molecular flexibility index (Phi) is 6.89. The first-order valence-electron chi connectivity index (χ1n) is 11.4. The second-order valence-electron chi connectivity index (χ2n) is 9.61. The van der Waals surface area contributed by atoms with Crippen molar-refractivity contribution in [1.82, 2.24) is 20.1 Å². The molecule has 3 aromatic rings. The summed E-state index contributed by atoms with van der Waals surface area (Å²) in [5, 5.41) is 22.6. The second-order valence-corrected chi connectivity index (χ2v) is 15.2. The van der Waals surface area contributed by atoms with Crippen molar-refractivity contribution < 1.29 is 4.74 Å². The Morgan fingerprint density at radius 1 is 1.25 bits per heavy atom. The minimum absolute atomic E-state index is 0.388. The smallest absolute Gasteiger partial charge is 0.140 e. The van der Waals surface area contributed by atoms with Crippen LogP contribution in [0.2, 0.25) is 25.7 Å². The zero-order valence-corrected chi connectivity index (χ0v) is 20.2. The molecule has 0 aliphatic carbocycles. The molecule has 0 spiro atoms. The Balaban J connectivity index is 1.63. The molecule has 4 rings (SSSR count). The lowest BCUT2D eigenvalue weighted by Gasteiger charge is -2.24. The molecular weight excluding hydrogens is 416 g/mol. The lowest BCUT2D eigenvalue weighted by molar-refractivity contribution is 0.0818. The summed E-state index contributed by atoms with van der Waals surface area (Å²) >= 11 is 0. The third-order valence-electron chi connectivity index (χ3n) is 5.84. The van der Waals surface area contributed by atoms with E-state index in [0.717, 1.165) is 66.6 Å². The van der Waals surface area contributed by atoms with Gasteiger partial charge in [-0.15, -0.1) is 0 Å². The van der Waals surface area contributed by atoms with Crippen LogP contribution in [0.5, 0.6) is 0 Å². The number of para-hydroxylation sites is 1. The summed E-state index contributed by atoms with van der Waals surface area (Å²) in [4.78, 5) is 4.49. The minimum Gasteiger partial charge on any atom is -0.367 e. The summed E-state index contributed by atoms with van der Waals surface area (Å²) in [6.07, 6.45) is 3.77. The van der Waals surface area contributed by atoms with Gasteiger partial charge in [0.05, 0.1) is 11.1 Å². The van der Waals surface area contributed by atoms with Crippen molar-refractivity contribution in [2.24, 2.45) is 0 Å². The van der Waals surface area contributed by atoms with Gasteiger partial charge < -0.3 is 15.4 Å². The number of aromatic nitrogens is 3. The van der Waals surface area contributed by atoms with Gasteiger partial charge in [-0.3, -0.25) is 0 Å². The molecule has 0 amide bonds. The molecule has 0 atom stereocenters. The van der Waals surface area contributed by atoms with Crippen LogP contribution in [0.25, 0.3) is 22.2 Å². The minimum atomic E-state index is -1.14. The van der Waals surface area contributed by atoms with E-state index in [4.69, 9.17) is 9.84 Å². The van der Waals surface area contributed by atoms with E-state index in [1.807, 2.05) is 22.9 Å². The Morgan fingerprint density at radius 3 is 2.78 bits per heavy atom. The number of piperidine rings is 1. The van der Waals surface area contributed by atoms with Crippen LogP contribution < -0.4 is 10.6 Å². The quantitative estimate of drug-likeness (QED) is 0.391. The first-order chi connectivity index (χ1) is 15.4. The van der Waals surface area contributed by atoms with Gasteiger partial charge in [0.25, 0.3) is 0 Å². The molecule has 168 valence electrons. The van der Waals surface area contributed by atoms with Gasteiger partial charge in [-0.2, -0.15) is 10.4 Å². The average Bonchev–Trinajstić information content (AvgIpc) is 3.15. The number of ether oxygens (including phenoxy) is 1. The van der Waals surface area contributed by atoms with Gasteiger partial charge in [0.1, 0.15) is 24.3 Å². The highest BCUT2D eigenvalue weighted by Gasteiger charge is 2.19. The average molecular weight is 449 g/mol. The molecule has 1 fully saturated rings. The number of benzene rings is 1. The third kappa shape index (κ3) is 5.36. The van der Waals surface area contributed by atoms with E-state index in [9.17, 15) is 5.26 Å². The van der Waals surface area contributed by atoms with Crippen LogP contribution in [0.4, 0.5) is 5.82 Å². The predicted octanol–water partition coefficient (Wildman–Crippen LogP) is 4.45. The predicted molar refractivity (Wildman–Crippen MR) is 131 cm³/mol. The largest absolute Gasteiger partial charge is 0.367 e. The fourth-order valence-electron chi connectivity index (χ4n) is 3.95. The van der Waals surface area contributed by atoms with Crippen LogP contribution in [-0.2, 0) is 11.5 Å². The van der Waals surface area contributed by atoms with Gasteiger partial charge in [-0.05, 0) is 44.1 Å². The first kappa shape index (κ1) is 22.5. The highest BCUT2D eigenvalue weighted by atomic mass is 28.3. The number of fused-ring (bicyclic) bond motifs is 1. The summed E-state index contributed by atoms with van der Waals surface area (Å²) in [5.41, 5.74) is 3.12. The molecule has 32 heavy (non-hydrogen) atoms. The molecule has 1 aromatic carbocycles. The van der Waals surface area contributed by atoms with E-state index in [0.29, 0.717) is 18.3 Å². The fourth-order valence-corrected chi connectivity index (χ4v) is 4.71. The molecule has 0 saturated carbocycles. The lowest BCUT2D eigenvalue weighted by atomic mass is 10.0. The molecule has 1 aliphatic heterocycles. The van der Waals surface area contributed by atoms with Crippen molar-refractivity contribution in [3.63, 3.8) is 0 Å². The summed E-state index contributed by atoms with van der Waals surface area (Å²) in [6.45, 7) is 10.2. The van der Waals surface area contributed by atoms with Crippen LogP contribution in [0.3, 0.4) is 0 Å². The van der Waals surface area contributed by atoms with E-state index in [-0.39, 0.29) is 0 Å². The van der Waals surface area contributed by atoms with Crippen molar-refractivity contribution in [2.75, 3.05) is 25.0 Å². The first-order valence-corrected chi connectivity index (χ1v) is 15.1. The number of anilines is 1. The molecule has 0 unspecified atom stereocenters. The van der Waals surface area contributed by atoms with E-state index in [1.54, 1.807) is 6.20 Å². The van der Waals surface area contributed by atoms with Crippen LogP contribution >= 0.6 is 0 Å². The Bertz CT molecular complexity index is 1110. The maximum absolute atomic E-state index is 9.75. The highest BCUT2D eigenvalue weighted by Crippen LogP contribution is 2.31. The molecule has 1 aliphatic rings. The molecule has 3 heterocycles. The van der Waals surface area contributed by atoms with Crippen molar-refractivity contribution in [1.29, 1.82) is 5.26 Å². The number of hydrogen-bond donors (Lipinski definition) is 2. The number of nitrogens with zero attached hydrogens (tertiary/aromatic N) is 4. The Hall–Kier alpha value is -2.73. The Labute approximate surface area is 190 Å². The Morgan fingerprint density at radius 2 is 2.03 bits per heavy atom. The van der Waals surface area contributed by atoms with Gasteiger partial charge in [0.2, 0.25) is 0 Å². The van der Waals surface area contributed by atoms with E-state index >= 15 is 0 Å². The van der Waals surface area contributed by atoms with Crippen LogP contribution in [-0.4, -0.2) is 48.6 Å². The summed E-state index contributed by atoms with van der Waals surface area (Å²) in [5.74, 6) is 0.788. The van der Waals surface area contributed by atoms with Crippen molar-refractivity contribution >= 4 is 24.8 Å². The SMILES string of the molecule is C[Si](C)(C)CCOCn1nc(-c2cc(NC3CCNCC3)ncc2C#N)c2ccccc21. The number of hydrogen-bond acceptors (Lipinski definition) is 6. The van der Waals surface area contributed by atoms with Gasteiger partial charge in [0.15, 0.2) is 0 Å². The van der Waals surface area contributed by atoms with Gasteiger partial charge >= 0.3 is 0 Å². The molecule has 0 bridgehead atoms. The number of nitrogens with one attached hydrogen (secondary N) is 2. The monoisotopic (exact) mass is 448 g/mol. The highest BCUT2D eigenvalue weighted by molar-refractivity contribution is 6.76. The lowest BCUT2D eigenvalue weighted by Crippen LogP contribution is -2.35. The molecule has 2 aromatic heterocycles. The number of rotatable bonds is 8. The topological polar surface area (TPSA) is 87.8 Å². The second kappa shape index (κ2) is 9.82. The zero-order chi connectivity index (χ0) is 22.6. The third-order valence-corrected chi connectivity index (χ3v) is 7.54. The van der Waals surface area contributed by atoms with Gasteiger partial charge in [-0.1, -0.05) is 37.8 Å².